The summed E-state index contributed by atoms with van der Waals surface area (Å²) in [6.45, 7) is 5.33. The van der Waals surface area contributed by atoms with Gasteiger partial charge < -0.3 is 40.2 Å². The van der Waals surface area contributed by atoms with Crippen LogP contribution in [0.5, 0.6) is 23.0 Å². The Morgan fingerprint density at radius 2 is 1.55 bits per heavy atom. The number of rotatable bonds is 16. The van der Waals surface area contributed by atoms with E-state index >= 15 is 0 Å². The van der Waals surface area contributed by atoms with E-state index in [1.54, 1.807) is 34.5 Å². The number of unbranched alkanes of at least 4 members (excludes halogenated alkanes) is 1. The monoisotopic (exact) mass is 623 g/mol. The highest BCUT2D eigenvalue weighted by atomic mass is 32.1. The molecule has 1 unspecified atom stereocenters. The number of anilines is 2. The Morgan fingerprint density at radius 3 is 2.16 bits per heavy atom. The summed E-state index contributed by atoms with van der Waals surface area (Å²) in [7, 11) is 6.44. The van der Waals surface area contributed by atoms with Crippen molar-refractivity contribution in [3.8, 4) is 23.0 Å². The van der Waals surface area contributed by atoms with Crippen molar-refractivity contribution in [2.75, 3.05) is 45.6 Å². The van der Waals surface area contributed by atoms with Crippen molar-refractivity contribution in [3.63, 3.8) is 0 Å². The predicted molar refractivity (Wildman–Crippen MR) is 173 cm³/mol. The third-order valence-corrected chi connectivity index (χ3v) is 7.84. The summed E-state index contributed by atoms with van der Waals surface area (Å²) >= 11 is 1.32. The molecular formula is C31H41N7O5S. The number of carbonyl (C=O) groups excluding carboxylic acids is 1. The molecule has 0 fully saturated rings. The van der Waals surface area contributed by atoms with E-state index < -0.39 is 5.54 Å². The van der Waals surface area contributed by atoms with Gasteiger partial charge in [-0.3, -0.25) is 0 Å². The van der Waals surface area contributed by atoms with E-state index in [2.05, 4.69) is 44.5 Å². The highest BCUT2D eigenvalue weighted by molar-refractivity contribution is 7.04. The van der Waals surface area contributed by atoms with Crippen molar-refractivity contribution in [3.05, 3.63) is 52.9 Å². The largest absolute Gasteiger partial charge is 0.497 e. The van der Waals surface area contributed by atoms with Crippen LogP contribution < -0.4 is 40.2 Å². The predicted octanol–water partition coefficient (Wildman–Crippen LogP) is 5.59. The van der Waals surface area contributed by atoms with Crippen LogP contribution in [0.3, 0.4) is 0 Å². The molecule has 12 nitrogen and oxygen atoms in total. The molecule has 4 rings (SSSR count). The van der Waals surface area contributed by atoms with Crippen LogP contribution >= 0.6 is 11.5 Å². The number of nitrogens with one attached hydrogen (secondary N) is 4. The fourth-order valence-corrected chi connectivity index (χ4v) is 5.27. The summed E-state index contributed by atoms with van der Waals surface area (Å²) in [6, 6.07) is 10.9. The van der Waals surface area contributed by atoms with Gasteiger partial charge in [-0.25, -0.2) is 9.78 Å². The number of fused-ring (bicyclic) bond motifs is 1. The summed E-state index contributed by atoms with van der Waals surface area (Å²) in [5.41, 5.74) is 2.68. The second-order valence-corrected chi connectivity index (χ2v) is 11.1. The van der Waals surface area contributed by atoms with Crippen molar-refractivity contribution in [2.45, 2.75) is 51.7 Å². The topological polar surface area (TPSA) is 141 Å². The maximum atomic E-state index is 12.9. The number of urea groups is 1. The van der Waals surface area contributed by atoms with Gasteiger partial charge >= 0.3 is 6.03 Å². The standard InChI is InChI=1S/C31H41N7O5S/c1-7-8-13-31(2,19-34-30(39)33-17-21-10-12-23(41-4)15-26(21)43-6)37-28-27-24(18-44-38-27)35-29(36-28)32-16-20-9-11-22(40-3)14-25(20)42-5/h9-12,14-15,18H,7-8,13,16-17,19H2,1-6H3,(H2,33,34,39)(H2,32,35,36,37). The minimum atomic E-state index is -0.507. The SMILES string of the molecule is CCCCC(C)(CNC(=O)NCc1ccc(OC)cc1OC)Nc1nc(NCc2ccc(OC)cc2OC)nc2csnc12. The maximum absolute atomic E-state index is 12.9. The lowest BCUT2D eigenvalue weighted by Gasteiger charge is -2.32. The fraction of sp³-hybridized carbons (Fsp3) is 0.419. The van der Waals surface area contributed by atoms with Crippen LogP contribution in [0.1, 0.15) is 44.2 Å². The third kappa shape index (κ3) is 8.31. The molecule has 0 aliphatic heterocycles. The molecule has 0 bridgehead atoms. The first-order valence-electron chi connectivity index (χ1n) is 14.4. The molecule has 0 saturated heterocycles. The van der Waals surface area contributed by atoms with Crippen molar-refractivity contribution in [2.24, 2.45) is 0 Å². The normalized spacial score (nSPS) is 12.2. The van der Waals surface area contributed by atoms with Gasteiger partial charge in [0.1, 0.15) is 34.0 Å². The molecule has 236 valence electrons. The van der Waals surface area contributed by atoms with Gasteiger partial charge in [-0.1, -0.05) is 19.8 Å². The Balaban J connectivity index is 1.46. The molecule has 4 aromatic rings. The van der Waals surface area contributed by atoms with Crippen LogP contribution in [0, 0.1) is 0 Å². The quantitative estimate of drug-likeness (QED) is 0.125. The molecule has 2 amide bonds. The van der Waals surface area contributed by atoms with Gasteiger partial charge in [-0.15, -0.1) is 0 Å². The number of carbonyl (C=O) groups is 1. The van der Waals surface area contributed by atoms with Crippen LogP contribution in [-0.4, -0.2) is 60.9 Å². The molecule has 0 aliphatic carbocycles. The average molecular weight is 624 g/mol. The van der Waals surface area contributed by atoms with Crippen LogP contribution in [0.15, 0.2) is 41.8 Å². The second-order valence-electron chi connectivity index (χ2n) is 10.5. The molecule has 13 heteroatoms. The van der Waals surface area contributed by atoms with E-state index in [0.29, 0.717) is 59.9 Å². The van der Waals surface area contributed by atoms with E-state index in [9.17, 15) is 4.79 Å². The van der Waals surface area contributed by atoms with E-state index in [0.717, 1.165) is 35.9 Å². The smallest absolute Gasteiger partial charge is 0.315 e. The van der Waals surface area contributed by atoms with Gasteiger partial charge in [0.2, 0.25) is 5.95 Å². The van der Waals surface area contributed by atoms with E-state index in [-0.39, 0.29) is 6.03 Å². The number of benzene rings is 2. The Hall–Kier alpha value is -4.52. The third-order valence-electron chi connectivity index (χ3n) is 7.23. The van der Waals surface area contributed by atoms with Gasteiger partial charge in [0.15, 0.2) is 5.82 Å². The van der Waals surface area contributed by atoms with Gasteiger partial charge in [-0.2, -0.15) is 9.36 Å². The van der Waals surface area contributed by atoms with Crippen molar-refractivity contribution in [1.82, 2.24) is 25.0 Å². The number of hydrogen-bond donors (Lipinski definition) is 4. The van der Waals surface area contributed by atoms with Gasteiger partial charge in [0, 0.05) is 48.3 Å². The van der Waals surface area contributed by atoms with Gasteiger partial charge in [-0.05, 0) is 49.1 Å². The lowest BCUT2D eigenvalue weighted by molar-refractivity contribution is 0.237. The van der Waals surface area contributed by atoms with Crippen molar-refractivity contribution in [1.29, 1.82) is 0 Å². The zero-order valence-corrected chi connectivity index (χ0v) is 26.9. The number of ether oxygens (including phenoxy) is 4. The number of amides is 2. The lowest BCUT2D eigenvalue weighted by Crippen LogP contribution is -2.49. The van der Waals surface area contributed by atoms with Crippen molar-refractivity contribution < 1.29 is 23.7 Å². The average Bonchev–Trinajstić information content (AvgIpc) is 3.53. The van der Waals surface area contributed by atoms with E-state index in [4.69, 9.17) is 23.9 Å². The Kier molecular flexibility index (Phi) is 11.2. The van der Waals surface area contributed by atoms with Gasteiger partial charge in [0.25, 0.3) is 0 Å². The van der Waals surface area contributed by atoms with Crippen molar-refractivity contribution >= 4 is 40.4 Å². The first kappa shape index (κ1) is 32.4. The summed E-state index contributed by atoms with van der Waals surface area (Å²) < 4.78 is 26.1. The summed E-state index contributed by atoms with van der Waals surface area (Å²) in [5, 5.41) is 14.8. The molecule has 1 atom stereocenters. The zero-order valence-electron chi connectivity index (χ0n) is 26.1. The molecular weight excluding hydrogens is 582 g/mol. The lowest BCUT2D eigenvalue weighted by atomic mass is 9.94. The molecule has 0 aliphatic rings. The highest BCUT2D eigenvalue weighted by Crippen LogP contribution is 2.29. The van der Waals surface area contributed by atoms with Crippen LogP contribution in [-0.2, 0) is 13.1 Å². The minimum Gasteiger partial charge on any atom is -0.497 e. The Labute approximate surface area is 262 Å². The first-order chi connectivity index (χ1) is 21.3. The molecule has 4 N–H and O–H groups in total. The molecule has 0 spiro atoms. The molecule has 2 aromatic carbocycles. The summed E-state index contributed by atoms with van der Waals surface area (Å²) in [4.78, 5) is 22.3. The molecule has 2 aromatic heterocycles. The van der Waals surface area contributed by atoms with Gasteiger partial charge in [0.05, 0.1) is 34.0 Å². The zero-order chi connectivity index (χ0) is 31.5. The second kappa shape index (κ2) is 15.3. The Morgan fingerprint density at radius 1 is 0.886 bits per heavy atom. The van der Waals surface area contributed by atoms with Crippen LogP contribution in [0.25, 0.3) is 11.0 Å². The molecule has 0 radical (unpaired) electrons. The van der Waals surface area contributed by atoms with E-state index in [1.807, 2.05) is 35.7 Å². The number of aromatic nitrogens is 3. The number of nitrogens with zero attached hydrogens (tertiary/aromatic N) is 3. The number of hydrogen-bond acceptors (Lipinski definition) is 11. The number of methoxy groups -OCH3 is 4. The molecule has 44 heavy (non-hydrogen) atoms. The van der Waals surface area contributed by atoms with Crippen LogP contribution in [0.2, 0.25) is 0 Å². The van der Waals surface area contributed by atoms with E-state index in [1.165, 1.54) is 11.5 Å². The molecule has 2 heterocycles. The fourth-order valence-electron chi connectivity index (χ4n) is 4.67. The molecule has 0 saturated carbocycles. The Bertz CT molecular complexity index is 1550. The highest BCUT2D eigenvalue weighted by Gasteiger charge is 2.27. The minimum absolute atomic E-state index is 0.287. The maximum Gasteiger partial charge on any atom is 0.315 e. The summed E-state index contributed by atoms with van der Waals surface area (Å²) in [5.74, 6) is 3.80. The summed E-state index contributed by atoms with van der Waals surface area (Å²) in [6.07, 6.45) is 2.77. The first-order valence-corrected chi connectivity index (χ1v) is 15.2. The van der Waals surface area contributed by atoms with Crippen LogP contribution in [0.4, 0.5) is 16.6 Å².